The third-order valence-electron chi connectivity index (χ3n) is 4.74. The molecule has 0 bridgehead atoms. The second-order valence-electron chi connectivity index (χ2n) is 6.81. The number of rotatable bonds is 6. The summed E-state index contributed by atoms with van der Waals surface area (Å²) in [5, 5.41) is 0. The highest BCUT2D eigenvalue weighted by molar-refractivity contribution is 6.03. The number of ether oxygens (including phenoxy) is 2. The van der Waals surface area contributed by atoms with E-state index in [1.165, 1.54) is 0 Å². The van der Waals surface area contributed by atoms with Gasteiger partial charge in [0.1, 0.15) is 18.1 Å². The minimum Gasteiger partial charge on any atom is -0.489 e. The Kier molecular flexibility index (Phi) is 5.24. The number of cyclic esters (lactones) is 1. The normalized spacial score (nSPS) is 14.0. The lowest BCUT2D eigenvalue weighted by Crippen LogP contribution is -1.95. The molecule has 0 spiro atoms. The minimum atomic E-state index is -0.274. The van der Waals surface area contributed by atoms with Gasteiger partial charge >= 0.3 is 5.97 Å². The Bertz CT molecular complexity index is 1020. The molecule has 0 saturated heterocycles. The molecule has 3 nitrogen and oxygen atoms in total. The van der Waals surface area contributed by atoms with E-state index in [1.54, 1.807) is 0 Å². The molecule has 4 rings (SSSR count). The monoisotopic (exact) mass is 370 g/mol. The Morgan fingerprint density at radius 3 is 2.54 bits per heavy atom. The highest BCUT2D eigenvalue weighted by atomic mass is 16.5. The summed E-state index contributed by atoms with van der Waals surface area (Å²) in [6, 6.07) is 23.9. The fraction of sp³-hybridized carbons (Fsp3) is 0.160. The van der Waals surface area contributed by atoms with Crippen LogP contribution < -0.4 is 4.74 Å². The van der Waals surface area contributed by atoms with Crippen LogP contribution in [-0.4, -0.2) is 5.97 Å². The fourth-order valence-electron chi connectivity index (χ4n) is 3.25. The summed E-state index contributed by atoms with van der Waals surface area (Å²) in [6.45, 7) is 2.63. The van der Waals surface area contributed by atoms with E-state index in [0.717, 1.165) is 40.8 Å². The number of benzene rings is 3. The quantitative estimate of drug-likeness (QED) is 0.482. The van der Waals surface area contributed by atoms with Crippen LogP contribution in [0.15, 0.2) is 78.9 Å². The van der Waals surface area contributed by atoms with Crippen LogP contribution in [0.25, 0.3) is 16.9 Å². The third-order valence-corrected chi connectivity index (χ3v) is 4.74. The summed E-state index contributed by atoms with van der Waals surface area (Å²) in [4.78, 5) is 12.1. The lowest BCUT2D eigenvalue weighted by Gasteiger charge is -2.09. The molecule has 3 aromatic rings. The molecule has 0 unspecified atom stereocenters. The lowest BCUT2D eigenvalue weighted by molar-refractivity contribution is 0.0715. The average molecular weight is 370 g/mol. The van der Waals surface area contributed by atoms with E-state index in [2.05, 4.69) is 6.92 Å². The largest absolute Gasteiger partial charge is 0.489 e. The zero-order chi connectivity index (χ0) is 19.3. The number of carbonyl (C=O) groups excluding carboxylic acids is 1. The van der Waals surface area contributed by atoms with E-state index >= 15 is 0 Å². The van der Waals surface area contributed by atoms with Crippen molar-refractivity contribution in [2.45, 2.75) is 26.4 Å². The van der Waals surface area contributed by atoms with Gasteiger partial charge in [-0.2, -0.15) is 0 Å². The molecular weight excluding hydrogens is 348 g/mol. The fourth-order valence-corrected chi connectivity index (χ4v) is 3.25. The van der Waals surface area contributed by atoms with Crippen LogP contribution in [0.2, 0.25) is 0 Å². The van der Waals surface area contributed by atoms with Crippen LogP contribution in [0.3, 0.4) is 0 Å². The number of fused-ring (bicyclic) bond motifs is 1. The SMILES string of the molecule is CCC/C=C1\OC(=O)c2ccc(-c3cccc(OCc4ccccc4)c3)cc21. The van der Waals surface area contributed by atoms with Gasteiger partial charge in [0.25, 0.3) is 0 Å². The Balaban J connectivity index is 1.59. The maximum Gasteiger partial charge on any atom is 0.344 e. The van der Waals surface area contributed by atoms with Crippen LogP contribution in [-0.2, 0) is 11.3 Å². The van der Waals surface area contributed by atoms with Crippen LogP contribution in [0, 0.1) is 0 Å². The van der Waals surface area contributed by atoms with Gasteiger partial charge in [-0.05, 0) is 53.5 Å². The van der Waals surface area contributed by atoms with Crippen molar-refractivity contribution >= 4 is 11.7 Å². The summed E-state index contributed by atoms with van der Waals surface area (Å²) >= 11 is 0. The van der Waals surface area contributed by atoms with Crippen LogP contribution >= 0.6 is 0 Å². The third kappa shape index (κ3) is 3.84. The van der Waals surface area contributed by atoms with Crippen molar-refractivity contribution in [1.29, 1.82) is 0 Å². The highest BCUT2D eigenvalue weighted by Gasteiger charge is 2.26. The smallest absolute Gasteiger partial charge is 0.344 e. The maximum atomic E-state index is 12.1. The first-order chi connectivity index (χ1) is 13.7. The van der Waals surface area contributed by atoms with Crippen LogP contribution in [0.1, 0.15) is 41.3 Å². The molecule has 0 saturated carbocycles. The Morgan fingerprint density at radius 2 is 1.71 bits per heavy atom. The molecule has 3 aromatic carbocycles. The summed E-state index contributed by atoms with van der Waals surface area (Å²) in [5.41, 5.74) is 4.70. The second-order valence-corrected chi connectivity index (χ2v) is 6.81. The van der Waals surface area contributed by atoms with Gasteiger partial charge in [0, 0.05) is 5.56 Å². The maximum absolute atomic E-state index is 12.1. The van der Waals surface area contributed by atoms with Crippen molar-refractivity contribution in [3.8, 4) is 16.9 Å². The summed E-state index contributed by atoms with van der Waals surface area (Å²) in [6.07, 6.45) is 3.89. The van der Waals surface area contributed by atoms with E-state index in [0.29, 0.717) is 17.9 Å². The molecule has 1 aliphatic heterocycles. The van der Waals surface area contributed by atoms with E-state index in [-0.39, 0.29) is 5.97 Å². The standard InChI is InChI=1S/C25H22O3/c1-2-3-12-24-23-16-20(13-14-22(23)25(26)28-24)19-10-7-11-21(15-19)27-17-18-8-5-4-6-9-18/h4-16H,2-3,17H2,1H3/b24-12-. The molecule has 0 N–H and O–H groups in total. The van der Waals surface area contributed by atoms with Crippen molar-refractivity contribution in [1.82, 2.24) is 0 Å². The lowest BCUT2D eigenvalue weighted by atomic mass is 9.99. The Labute approximate surface area is 165 Å². The molecule has 0 radical (unpaired) electrons. The van der Waals surface area contributed by atoms with Crippen molar-refractivity contribution in [2.24, 2.45) is 0 Å². The first-order valence-electron chi connectivity index (χ1n) is 9.58. The summed E-state index contributed by atoms with van der Waals surface area (Å²) < 4.78 is 11.4. The second kappa shape index (κ2) is 8.13. The summed E-state index contributed by atoms with van der Waals surface area (Å²) in [5.74, 6) is 1.21. The van der Waals surface area contributed by atoms with Gasteiger partial charge in [-0.1, -0.05) is 61.9 Å². The molecule has 28 heavy (non-hydrogen) atoms. The molecule has 0 amide bonds. The van der Waals surface area contributed by atoms with E-state index in [4.69, 9.17) is 9.47 Å². The molecular formula is C25H22O3. The minimum absolute atomic E-state index is 0.274. The van der Waals surface area contributed by atoms with Gasteiger partial charge in [-0.25, -0.2) is 4.79 Å². The zero-order valence-electron chi connectivity index (χ0n) is 15.9. The number of hydrogen-bond acceptors (Lipinski definition) is 3. The van der Waals surface area contributed by atoms with Gasteiger partial charge in [0.05, 0.1) is 5.56 Å². The number of hydrogen-bond donors (Lipinski definition) is 0. The van der Waals surface area contributed by atoms with Crippen molar-refractivity contribution < 1.29 is 14.3 Å². The predicted octanol–water partition coefficient (Wildman–Crippen LogP) is 6.24. The Hall–Kier alpha value is -3.33. The molecule has 0 aliphatic carbocycles. The van der Waals surface area contributed by atoms with Gasteiger partial charge in [-0.15, -0.1) is 0 Å². The highest BCUT2D eigenvalue weighted by Crippen LogP contribution is 2.34. The molecule has 3 heteroatoms. The van der Waals surface area contributed by atoms with Gasteiger partial charge in [0.15, 0.2) is 0 Å². The zero-order valence-corrected chi connectivity index (χ0v) is 15.9. The molecule has 1 heterocycles. The molecule has 0 aromatic heterocycles. The summed E-state index contributed by atoms with van der Waals surface area (Å²) in [7, 11) is 0. The van der Waals surface area contributed by atoms with Crippen molar-refractivity contribution in [2.75, 3.05) is 0 Å². The predicted molar refractivity (Wildman–Crippen MR) is 111 cm³/mol. The van der Waals surface area contributed by atoms with E-state index < -0.39 is 0 Å². The van der Waals surface area contributed by atoms with Gasteiger partial charge in [-0.3, -0.25) is 0 Å². The van der Waals surface area contributed by atoms with E-state index in [1.807, 2.05) is 78.9 Å². The molecule has 140 valence electrons. The van der Waals surface area contributed by atoms with Crippen LogP contribution in [0.5, 0.6) is 5.75 Å². The number of esters is 1. The molecule has 0 fully saturated rings. The van der Waals surface area contributed by atoms with Crippen molar-refractivity contribution in [3.63, 3.8) is 0 Å². The topological polar surface area (TPSA) is 35.5 Å². The first-order valence-corrected chi connectivity index (χ1v) is 9.58. The van der Waals surface area contributed by atoms with E-state index in [9.17, 15) is 4.79 Å². The Morgan fingerprint density at radius 1 is 0.893 bits per heavy atom. The first kappa shape index (κ1) is 18.1. The van der Waals surface area contributed by atoms with Gasteiger partial charge in [0.2, 0.25) is 0 Å². The van der Waals surface area contributed by atoms with Gasteiger partial charge < -0.3 is 9.47 Å². The number of carbonyl (C=O) groups is 1. The average Bonchev–Trinajstić information content (AvgIpc) is 3.06. The number of allylic oxidation sites excluding steroid dienone is 1. The van der Waals surface area contributed by atoms with Crippen molar-refractivity contribution in [3.05, 3.63) is 95.6 Å². The molecule has 0 atom stereocenters. The molecule has 1 aliphatic rings. The van der Waals surface area contributed by atoms with Crippen LogP contribution in [0.4, 0.5) is 0 Å². The number of unbranched alkanes of at least 4 members (excludes halogenated alkanes) is 1.